The Bertz CT molecular complexity index is 839. The number of amides is 1. The first kappa shape index (κ1) is 23.6. The van der Waals surface area contributed by atoms with Crippen molar-refractivity contribution in [2.75, 3.05) is 13.7 Å². The molecule has 1 aliphatic carbocycles. The lowest BCUT2D eigenvalue weighted by Gasteiger charge is -2.30. The number of carbonyl (C=O) groups is 1. The van der Waals surface area contributed by atoms with Crippen LogP contribution in [0.25, 0.3) is 0 Å². The predicted molar refractivity (Wildman–Crippen MR) is 125 cm³/mol. The molecule has 0 heterocycles. The van der Waals surface area contributed by atoms with Crippen molar-refractivity contribution in [3.05, 3.63) is 64.7 Å². The average molecular weight is 445 g/mol. The van der Waals surface area contributed by atoms with Crippen LogP contribution in [-0.4, -0.2) is 36.8 Å². The van der Waals surface area contributed by atoms with Crippen LogP contribution in [0.1, 0.15) is 54.4 Å². The molecule has 2 atom stereocenters. The molecule has 1 saturated carbocycles. The number of rotatable bonds is 10. The molecule has 0 aliphatic heterocycles. The monoisotopic (exact) mass is 444 g/mol. The van der Waals surface area contributed by atoms with Crippen molar-refractivity contribution in [2.45, 2.75) is 57.2 Å². The highest BCUT2D eigenvalue weighted by Gasteiger charge is 2.26. The number of methoxy groups -OCH3 is 1. The van der Waals surface area contributed by atoms with Crippen molar-refractivity contribution in [1.82, 2.24) is 10.6 Å². The maximum atomic E-state index is 12.8. The summed E-state index contributed by atoms with van der Waals surface area (Å²) >= 11 is 6.04. The number of ether oxygens (including phenoxy) is 1. The summed E-state index contributed by atoms with van der Waals surface area (Å²) in [4.78, 5) is 12.8. The zero-order chi connectivity index (χ0) is 22.1. The molecule has 1 amide bonds. The SMILES string of the molecule is COc1cccc(CNCC(O)C(CC2CCCCC2)NC(=O)c2cccc(Cl)c2)c1. The lowest BCUT2D eigenvalue weighted by Crippen LogP contribution is -2.48. The molecule has 3 rings (SSSR count). The zero-order valence-electron chi connectivity index (χ0n) is 18.1. The van der Waals surface area contributed by atoms with E-state index >= 15 is 0 Å². The Kier molecular flexibility index (Phi) is 9.19. The molecule has 1 aliphatic rings. The molecule has 31 heavy (non-hydrogen) atoms. The summed E-state index contributed by atoms with van der Waals surface area (Å²) in [6, 6.07) is 14.4. The molecule has 2 unspecified atom stereocenters. The number of halogens is 1. The van der Waals surface area contributed by atoms with Crippen LogP contribution in [0.3, 0.4) is 0 Å². The Morgan fingerprint density at radius 3 is 2.68 bits per heavy atom. The van der Waals surface area contributed by atoms with Crippen molar-refractivity contribution in [2.24, 2.45) is 5.92 Å². The van der Waals surface area contributed by atoms with E-state index in [0.717, 1.165) is 30.6 Å². The molecule has 0 aromatic heterocycles. The molecule has 1 fully saturated rings. The minimum Gasteiger partial charge on any atom is -0.497 e. The lowest BCUT2D eigenvalue weighted by atomic mass is 9.83. The van der Waals surface area contributed by atoms with Gasteiger partial charge < -0.3 is 20.5 Å². The van der Waals surface area contributed by atoms with E-state index in [2.05, 4.69) is 10.6 Å². The fourth-order valence-corrected chi connectivity index (χ4v) is 4.45. The molecule has 0 saturated heterocycles. The Labute approximate surface area is 190 Å². The van der Waals surface area contributed by atoms with Gasteiger partial charge in [0.25, 0.3) is 5.91 Å². The predicted octanol–water partition coefficient (Wildman–Crippen LogP) is 4.57. The van der Waals surface area contributed by atoms with Gasteiger partial charge in [-0.05, 0) is 48.2 Å². The quantitative estimate of drug-likeness (QED) is 0.502. The van der Waals surface area contributed by atoms with Gasteiger partial charge >= 0.3 is 0 Å². The molecular weight excluding hydrogens is 412 g/mol. The topological polar surface area (TPSA) is 70.6 Å². The maximum absolute atomic E-state index is 12.8. The lowest BCUT2D eigenvalue weighted by molar-refractivity contribution is 0.0777. The van der Waals surface area contributed by atoms with Gasteiger partial charge in [0.2, 0.25) is 0 Å². The number of aliphatic hydroxyl groups is 1. The summed E-state index contributed by atoms with van der Waals surface area (Å²) in [7, 11) is 1.65. The largest absolute Gasteiger partial charge is 0.497 e. The maximum Gasteiger partial charge on any atom is 0.251 e. The van der Waals surface area contributed by atoms with E-state index in [-0.39, 0.29) is 11.9 Å². The third-order valence-electron chi connectivity index (χ3n) is 6.00. The molecule has 0 bridgehead atoms. The van der Waals surface area contributed by atoms with Crippen LogP contribution in [0.5, 0.6) is 5.75 Å². The molecule has 2 aromatic carbocycles. The van der Waals surface area contributed by atoms with Gasteiger partial charge in [-0.1, -0.05) is 61.9 Å². The van der Waals surface area contributed by atoms with E-state index in [4.69, 9.17) is 16.3 Å². The summed E-state index contributed by atoms with van der Waals surface area (Å²) < 4.78 is 5.27. The first-order valence-corrected chi connectivity index (χ1v) is 11.5. The van der Waals surface area contributed by atoms with Crippen LogP contribution in [-0.2, 0) is 6.54 Å². The number of nitrogens with one attached hydrogen (secondary N) is 2. The van der Waals surface area contributed by atoms with Gasteiger partial charge in [0, 0.05) is 23.7 Å². The highest BCUT2D eigenvalue weighted by Crippen LogP contribution is 2.28. The molecule has 0 radical (unpaired) electrons. The van der Waals surface area contributed by atoms with Gasteiger partial charge in [0.05, 0.1) is 19.3 Å². The smallest absolute Gasteiger partial charge is 0.251 e. The summed E-state index contributed by atoms with van der Waals surface area (Å²) in [5, 5.41) is 17.8. The molecule has 6 heteroatoms. The highest BCUT2D eigenvalue weighted by atomic mass is 35.5. The number of hydrogen-bond donors (Lipinski definition) is 3. The minimum atomic E-state index is -0.685. The van der Waals surface area contributed by atoms with Crippen LogP contribution in [0.15, 0.2) is 48.5 Å². The van der Waals surface area contributed by atoms with Crippen LogP contribution in [0, 0.1) is 5.92 Å². The van der Waals surface area contributed by atoms with Crippen molar-refractivity contribution in [3.8, 4) is 5.75 Å². The Morgan fingerprint density at radius 1 is 1.16 bits per heavy atom. The van der Waals surface area contributed by atoms with Crippen LogP contribution < -0.4 is 15.4 Å². The second-order valence-electron chi connectivity index (χ2n) is 8.38. The standard InChI is InChI=1S/C25H33ClN2O3/c1-31-22-12-5-9-19(13-22)16-27-17-24(29)23(14-18-7-3-2-4-8-18)28-25(30)20-10-6-11-21(26)15-20/h5-6,9-13,15,18,23-24,27,29H,2-4,7-8,14,16-17H2,1H3,(H,28,30). The third-order valence-corrected chi connectivity index (χ3v) is 6.23. The van der Waals surface area contributed by atoms with E-state index in [9.17, 15) is 9.90 Å². The number of hydrogen-bond acceptors (Lipinski definition) is 4. The van der Waals surface area contributed by atoms with Gasteiger partial charge in [0.1, 0.15) is 5.75 Å². The Balaban J connectivity index is 1.60. The Hall–Kier alpha value is -2.08. The van der Waals surface area contributed by atoms with Gasteiger partial charge in [0.15, 0.2) is 0 Å². The minimum absolute atomic E-state index is 0.199. The van der Waals surface area contributed by atoms with Crippen LogP contribution in [0.4, 0.5) is 0 Å². The second-order valence-corrected chi connectivity index (χ2v) is 8.82. The number of aliphatic hydroxyl groups excluding tert-OH is 1. The molecule has 2 aromatic rings. The van der Waals surface area contributed by atoms with E-state index in [1.54, 1.807) is 31.4 Å². The zero-order valence-corrected chi connectivity index (χ0v) is 18.9. The summed E-state index contributed by atoms with van der Waals surface area (Å²) in [5.74, 6) is 1.14. The average Bonchev–Trinajstić information content (AvgIpc) is 2.79. The highest BCUT2D eigenvalue weighted by molar-refractivity contribution is 6.30. The molecule has 5 nitrogen and oxygen atoms in total. The van der Waals surface area contributed by atoms with Gasteiger partial charge in [-0.2, -0.15) is 0 Å². The number of benzene rings is 2. The molecule has 3 N–H and O–H groups in total. The van der Waals surface area contributed by atoms with Crippen molar-refractivity contribution < 1.29 is 14.6 Å². The van der Waals surface area contributed by atoms with E-state index in [1.165, 1.54) is 19.3 Å². The molecule has 168 valence electrons. The van der Waals surface area contributed by atoms with Crippen molar-refractivity contribution in [3.63, 3.8) is 0 Å². The van der Waals surface area contributed by atoms with E-state index < -0.39 is 6.10 Å². The fourth-order valence-electron chi connectivity index (χ4n) is 4.26. The van der Waals surface area contributed by atoms with E-state index in [0.29, 0.717) is 29.6 Å². The van der Waals surface area contributed by atoms with Crippen LogP contribution >= 0.6 is 11.6 Å². The van der Waals surface area contributed by atoms with Gasteiger partial charge in [-0.25, -0.2) is 0 Å². The first-order valence-electron chi connectivity index (χ1n) is 11.1. The summed E-state index contributed by atoms with van der Waals surface area (Å²) in [6.45, 7) is 1.01. The summed E-state index contributed by atoms with van der Waals surface area (Å²) in [6.07, 6.45) is 6.15. The van der Waals surface area contributed by atoms with E-state index in [1.807, 2.05) is 24.3 Å². The molecular formula is C25H33ClN2O3. The normalized spacial score (nSPS) is 16.5. The fraction of sp³-hybridized carbons (Fsp3) is 0.480. The molecule has 0 spiro atoms. The third kappa shape index (κ3) is 7.53. The van der Waals surface area contributed by atoms with Crippen molar-refractivity contribution in [1.29, 1.82) is 0 Å². The van der Waals surface area contributed by atoms with Crippen LogP contribution in [0.2, 0.25) is 5.02 Å². The Morgan fingerprint density at radius 2 is 1.94 bits per heavy atom. The van der Waals surface area contributed by atoms with Gasteiger partial charge in [-0.15, -0.1) is 0 Å². The summed E-state index contributed by atoms with van der Waals surface area (Å²) in [5.41, 5.74) is 1.59. The van der Waals surface area contributed by atoms with Crippen molar-refractivity contribution >= 4 is 17.5 Å². The van der Waals surface area contributed by atoms with Gasteiger partial charge in [-0.3, -0.25) is 4.79 Å². The second kappa shape index (κ2) is 12.1. The number of carbonyl (C=O) groups excluding carboxylic acids is 1. The first-order chi connectivity index (χ1) is 15.0.